The number of amides is 1. The summed E-state index contributed by atoms with van der Waals surface area (Å²) in [6, 6.07) is 8.52. The number of hydrogen-bond acceptors (Lipinski definition) is 7. The van der Waals surface area contributed by atoms with Crippen molar-refractivity contribution >= 4 is 27.5 Å². The molecule has 5 rings (SSSR count). The molecule has 1 saturated heterocycles. The van der Waals surface area contributed by atoms with Crippen LogP contribution in [0.15, 0.2) is 24.3 Å². The molecule has 3 aromatic rings. The molecule has 2 aromatic heterocycles. The standard InChI is InChI=1S/C22H29N7OS/c1-27(2)22(21-24-25-26-29(21)16-7-3-4-8-16)13-14-28(15-22)20(30)12-11-19-23-17-9-5-6-10-18(17)31-19/h5-6,9-10,16H,3-4,7-8,11-15H2,1-2H3. The van der Waals surface area contributed by atoms with Crippen molar-refractivity contribution in [3.05, 3.63) is 35.1 Å². The number of fused-ring (bicyclic) bond motifs is 1. The van der Waals surface area contributed by atoms with Crippen molar-refractivity contribution in [2.24, 2.45) is 0 Å². The third kappa shape index (κ3) is 3.74. The minimum atomic E-state index is -0.336. The summed E-state index contributed by atoms with van der Waals surface area (Å²) in [5.41, 5.74) is 0.680. The number of carbonyl (C=O) groups excluding carboxylic acids is 1. The van der Waals surface area contributed by atoms with Crippen molar-refractivity contribution < 1.29 is 4.79 Å². The molecule has 0 N–H and O–H groups in total. The van der Waals surface area contributed by atoms with Crippen LogP contribution in [0.5, 0.6) is 0 Å². The summed E-state index contributed by atoms with van der Waals surface area (Å²) in [6.45, 7) is 1.36. The topological polar surface area (TPSA) is 80.0 Å². The molecule has 1 atom stereocenters. The van der Waals surface area contributed by atoms with Gasteiger partial charge in [-0.15, -0.1) is 16.4 Å². The summed E-state index contributed by atoms with van der Waals surface area (Å²) >= 11 is 1.68. The van der Waals surface area contributed by atoms with Crippen LogP contribution in [-0.2, 0) is 16.8 Å². The zero-order valence-corrected chi connectivity index (χ0v) is 19.0. The Balaban J connectivity index is 1.30. The smallest absolute Gasteiger partial charge is 0.223 e. The van der Waals surface area contributed by atoms with E-state index in [-0.39, 0.29) is 11.4 Å². The van der Waals surface area contributed by atoms with E-state index in [2.05, 4.69) is 45.6 Å². The number of thiazole rings is 1. The van der Waals surface area contributed by atoms with Gasteiger partial charge in [0, 0.05) is 25.9 Å². The maximum Gasteiger partial charge on any atom is 0.223 e. The summed E-state index contributed by atoms with van der Waals surface area (Å²) in [4.78, 5) is 21.9. The highest BCUT2D eigenvalue weighted by Crippen LogP contribution is 2.38. The SMILES string of the molecule is CN(C)C1(c2nnnn2C2CCCC2)CCN(C(=O)CCc2nc3ccccc3s2)C1. The van der Waals surface area contributed by atoms with E-state index in [1.165, 1.54) is 17.5 Å². The maximum absolute atomic E-state index is 13.1. The van der Waals surface area contributed by atoms with Gasteiger partial charge >= 0.3 is 0 Å². The van der Waals surface area contributed by atoms with E-state index >= 15 is 0 Å². The van der Waals surface area contributed by atoms with Gasteiger partial charge in [-0.25, -0.2) is 9.67 Å². The number of likely N-dealkylation sites (tertiary alicyclic amines) is 1. The van der Waals surface area contributed by atoms with Gasteiger partial charge < -0.3 is 4.90 Å². The fourth-order valence-corrected chi connectivity index (χ4v) is 6.01. The minimum Gasteiger partial charge on any atom is -0.340 e. The maximum atomic E-state index is 13.1. The average Bonchev–Trinajstić information content (AvgIpc) is 3.55. The molecule has 2 aliphatic rings. The van der Waals surface area contributed by atoms with Crippen LogP contribution >= 0.6 is 11.3 Å². The zero-order valence-electron chi connectivity index (χ0n) is 18.2. The third-order valence-electron chi connectivity index (χ3n) is 6.93. The molecule has 9 heteroatoms. The number of benzene rings is 1. The molecule has 0 radical (unpaired) electrons. The lowest BCUT2D eigenvalue weighted by Crippen LogP contribution is -2.47. The van der Waals surface area contributed by atoms with Crippen LogP contribution in [0.1, 0.15) is 55.4 Å². The molecule has 1 saturated carbocycles. The van der Waals surface area contributed by atoms with Gasteiger partial charge in [0.15, 0.2) is 5.82 Å². The number of carbonyl (C=O) groups is 1. The fraction of sp³-hybridized carbons (Fsp3) is 0.591. The lowest BCUT2D eigenvalue weighted by Gasteiger charge is -2.35. The van der Waals surface area contributed by atoms with Crippen molar-refractivity contribution in [2.75, 3.05) is 27.2 Å². The first-order chi connectivity index (χ1) is 15.1. The van der Waals surface area contributed by atoms with Crippen LogP contribution in [0.25, 0.3) is 10.2 Å². The Kier molecular flexibility index (Phi) is 5.47. The van der Waals surface area contributed by atoms with Crippen LogP contribution in [-0.4, -0.2) is 68.1 Å². The quantitative estimate of drug-likeness (QED) is 0.587. The Morgan fingerprint density at radius 1 is 1.26 bits per heavy atom. The van der Waals surface area contributed by atoms with Crippen LogP contribution in [0.2, 0.25) is 0 Å². The van der Waals surface area contributed by atoms with Crippen LogP contribution in [0, 0.1) is 0 Å². The Bertz CT molecular complexity index is 1040. The highest BCUT2D eigenvalue weighted by molar-refractivity contribution is 7.18. The summed E-state index contributed by atoms with van der Waals surface area (Å²) in [7, 11) is 4.14. The van der Waals surface area contributed by atoms with E-state index in [9.17, 15) is 4.79 Å². The Morgan fingerprint density at radius 2 is 2.06 bits per heavy atom. The molecule has 1 unspecified atom stereocenters. The highest BCUT2D eigenvalue weighted by Gasteiger charge is 2.47. The molecular formula is C22H29N7OS. The van der Waals surface area contributed by atoms with Gasteiger partial charge in [0.1, 0.15) is 5.54 Å². The van der Waals surface area contributed by atoms with Crippen molar-refractivity contribution in [1.29, 1.82) is 0 Å². The van der Waals surface area contributed by atoms with Crippen molar-refractivity contribution in [3.63, 3.8) is 0 Å². The van der Waals surface area contributed by atoms with Crippen molar-refractivity contribution in [1.82, 2.24) is 35.0 Å². The van der Waals surface area contributed by atoms with Gasteiger partial charge in [-0.1, -0.05) is 25.0 Å². The largest absolute Gasteiger partial charge is 0.340 e. The van der Waals surface area contributed by atoms with E-state index in [4.69, 9.17) is 0 Å². The number of hydrogen-bond donors (Lipinski definition) is 0. The van der Waals surface area contributed by atoms with E-state index in [0.717, 1.165) is 42.2 Å². The number of aromatic nitrogens is 5. The summed E-state index contributed by atoms with van der Waals surface area (Å²) in [5.74, 6) is 1.09. The first-order valence-corrected chi connectivity index (χ1v) is 12.0. The monoisotopic (exact) mass is 439 g/mol. The Hall–Kier alpha value is -2.39. The van der Waals surface area contributed by atoms with E-state index in [0.29, 0.717) is 25.4 Å². The Morgan fingerprint density at radius 3 is 2.84 bits per heavy atom. The predicted molar refractivity (Wildman–Crippen MR) is 120 cm³/mol. The van der Waals surface area contributed by atoms with Crippen LogP contribution in [0.4, 0.5) is 0 Å². The van der Waals surface area contributed by atoms with Crippen molar-refractivity contribution in [2.45, 2.75) is 56.5 Å². The third-order valence-corrected chi connectivity index (χ3v) is 8.02. The molecule has 8 nitrogen and oxygen atoms in total. The molecule has 1 aliphatic heterocycles. The molecule has 31 heavy (non-hydrogen) atoms. The summed E-state index contributed by atoms with van der Waals surface area (Å²) in [6.07, 6.45) is 6.74. The minimum absolute atomic E-state index is 0.183. The number of aryl methyl sites for hydroxylation is 1. The first-order valence-electron chi connectivity index (χ1n) is 11.1. The number of para-hydroxylation sites is 1. The highest BCUT2D eigenvalue weighted by atomic mass is 32.1. The second-order valence-electron chi connectivity index (χ2n) is 8.95. The van der Waals surface area contributed by atoms with E-state index in [1.807, 2.05) is 27.8 Å². The molecule has 1 aromatic carbocycles. The summed E-state index contributed by atoms with van der Waals surface area (Å²) in [5, 5.41) is 13.9. The lowest BCUT2D eigenvalue weighted by molar-refractivity contribution is -0.130. The van der Waals surface area contributed by atoms with Crippen LogP contribution < -0.4 is 0 Å². The average molecular weight is 440 g/mol. The first kappa shape index (κ1) is 20.5. The van der Waals surface area contributed by atoms with Gasteiger partial charge in [0.05, 0.1) is 21.3 Å². The fourth-order valence-electron chi connectivity index (χ4n) is 5.05. The second kappa shape index (κ2) is 8.27. The molecule has 0 spiro atoms. The molecular weight excluding hydrogens is 410 g/mol. The van der Waals surface area contributed by atoms with Gasteiger partial charge in [-0.3, -0.25) is 9.69 Å². The molecule has 164 valence electrons. The number of nitrogens with zero attached hydrogens (tertiary/aromatic N) is 7. The lowest BCUT2D eigenvalue weighted by atomic mass is 9.95. The second-order valence-corrected chi connectivity index (χ2v) is 10.1. The van der Waals surface area contributed by atoms with Gasteiger partial charge in [0.2, 0.25) is 5.91 Å². The molecule has 3 heterocycles. The predicted octanol–water partition coefficient (Wildman–Crippen LogP) is 3.02. The molecule has 1 aliphatic carbocycles. The number of tetrazole rings is 1. The molecule has 2 fully saturated rings. The van der Waals surface area contributed by atoms with Gasteiger partial charge in [0.25, 0.3) is 0 Å². The number of likely N-dealkylation sites (N-methyl/N-ethyl adjacent to an activating group) is 1. The van der Waals surface area contributed by atoms with E-state index < -0.39 is 0 Å². The van der Waals surface area contributed by atoms with Gasteiger partial charge in [-0.2, -0.15) is 0 Å². The number of rotatable bonds is 6. The normalized spacial score (nSPS) is 22.2. The Labute approximate surface area is 186 Å². The molecule has 0 bridgehead atoms. The molecule has 1 amide bonds. The van der Waals surface area contributed by atoms with Crippen LogP contribution in [0.3, 0.4) is 0 Å². The zero-order chi connectivity index (χ0) is 21.4. The van der Waals surface area contributed by atoms with Crippen molar-refractivity contribution in [3.8, 4) is 0 Å². The van der Waals surface area contributed by atoms with Gasteiger partial charge in [-0.05, 0) is 55.9 Å². The van der Waals surface area contributed by atoms with E-state index in [1.54, 1.807) is 11.3 Å². The summed E-state index contributed by atoms with van der Waals surface area (Å²) < 4.78 is 3.22.